The summed E-state index contributed by atoms with van der Waals surface area (Å²) in [4.78, 5) is 11.1. The van der Waals surface area contributed by atoms with Crippen LogP contribution in [0.25, 0.3) is 0 Å². The molecule has 0 amide bonds. The first kappa shape index (κ1) is 14.4. The Morgan fingerprint density at radius 2 is 1.75 bits per heavy atom. The third-order valence-electron chi connectivity index (χ3n) is 2.62. The zero-order valence-electron chi connectivity index (χ0n) is 10.2. The second-order valence-corrected chi connectivity index (χ2v) is 7.44. The average Bonchev–Trinajstić information content (AvgIpc) is 2.38. The Morgan fingerprint density at radius 1 is 1.05 bits per heavy atom. The minimum atomic E-state index is -4.96. The number of carboxylic acids is 1. The second-order valence-electron chi connectivity index (χ2n) is 4.07. The van der Waals surface area contributed by atoms with Gasteiger partial charge < -0.3 is 0 Å². The molecule has 7 heteroatoms. The first-order valence-electron chi connectivity index (χ1n) is 5.63. The molecule has 0 saturated heterocycles. The van der Waals surface area contributed by atoms with Gasteiger partial charge in [0.05, 0.1) is 0 Å². The van der Waals surface area contributed by atoms with Crippen molar-refractivity contribution in [2.45, 2.75) is 0 Å². The molecule has 2 aromatic rings. The van der Waals surface area contributed by atoms with Crippen molar-refractivity contribution in [1.82, 2.24) is 0 Å². The molecular weight excluding hydrogens is 325 g/mol. The quantitative estimate of drug-likeness (QED) is 0.612. The molecule has 0 saturated carbocycles. The summed E-state index contributed by atoms with van der Waals surface area (Å²) >= 11 is -4.96. The molecule has 0 radical (unpaired) electrons. The molecule has 0 spiro atoms. The molecule has 0 unspecified atom stereocenters. The van der Waals surface area contributed by atoms with Crippen molar-refractivity contribution < 1.29 is 21.8 Å². The van der Waals surface area contributed by atoms with Crippen LogP contribution in [0.3, 0.4) is 0 Å². The van der Waals surface area contributed by atoms with Gasteiger partial charge in [-0.1, -0.05) is 0 Å². The number of hydrogen-bond donors (Lipinski definition) is 4. The van der Waals surface area contributed by atoms with Gasteiger partial charge >= 0.3 is 117 Å². The Kier molecular flexibility index (Phi) is 3.99. The van der Waals surface area contributed by atoms with Gasteiger partial charge in [-0.05, 0) is 0 Å². The van der Waals surface area contributed by atoms with Crippen LogP contribution in [0.15, 0.2) is 48.5 Å². The standard InChI is InChI=1S/C13H12AsNO5/c16-13(17)11-6-1-2-7-12(11)15-10-5-3-4-9(8-10)14(18,19)20/h1-8,15H,(H,16,17)(H2,18,19,20). The molecule has 104 valence electrons. The molecule has 0 fully saturated rings. The summed E-state index contributed by atoms with van der Waals surface area (Å²) in [7, 11) is 0. The van der Waals surface area contributed by atoms with E-state index < -0.39 is 20.1 Å². The number of aromatic carboxylic acids is 1. The van der Waals surface area contributed by atoms with E-state index in [0.29, 0.717) is 11.4 Å². The van der Waals surface area contributed by atoms with Gasteiger partial charge in [-0.2, -0.15) is 0 Å². The van der Waals surface area contributed by atoms with E-state index in [2.05, 4.69) is 5.32 Å². The van der Waals surface area contributed by atoms with Crippen LogP contribution in [0.2, 0.25) is 0 Å². The normalized spacial score (nSPS) is 11.1. The van der Waals surface area contributed by atoms with Crippen LogP contribution < -0.4 is 9.67 Å². The van der Waals surface area contributed by atoms with Gasteiger partial charge in [0, 0.05) is 0 Å². The maximum absolute atomic E-state index is 11.2. The number of para-hydroxylation sites is 1. The summed E-state index contributed by atoms with van der Waals surface area (Å²) in [5.41, 5.74) is 0.857. The Balaban J connectivity index is 2.36. The molecule has 20 heavy (non-hydrogen) atoms. The molecule has 4 N–H and O–H groups in total. The van der Waals surface area contributed by atoms with E-state index in [9.17, 15) is 16.7 Å². The molecule has 6 nitrogen and oxygen atoms in total. The van der Waals surface area contributed by atoms with E-state index in [-0.39, 0.29) is 9.91 Å². The van der Waals surface area contributed by atoms with Crippen molar-refractivity contribution in [1.29, 1.82) is 0 Å². The molecular formula is C13H12AsNO5. The maximum atomic E-state index is 11.2. The van der Waals surface area contributed by atoms with Gasteiger partial charge in [-0.15, -0.1) is 0 Å². The van der Waals surface area contributed by atoms with Gasteiger partial charge in [0.25, 0.3) is 0 Å². The average molecular weight is 337 g/mol. The van der Waals surface area contributed by atoms with Crippen LogP contribution in [0.1, 0.15) is 10.4 Å². The molecule has 0 atom stereocenters. The first-order valence-corrected chi connectivity index (χ1v) is 9.02. The van der Waals surface area contributed by atoms with Crippen LogP contribution in [-0.2, 0) is 3.74 Å². The fourth-order valence-corrected chi connectivity index (χ4v) is 2.93. The van der Waals surface area contributed by atoms with Gasteiger partial charge in [-0.25, -0.2) is 0 Å². The number of benzene rings is 2. The molecule has 0 aliphatic heterocycles. The van der Waals surface area contributed by atoms with E-state index in [1.54, 1.807) is 24.3 Å². The number of hydrogen-bond acceptors (Lipinski definition) is 3. The monoisotopic (exact) mass is 337 g/mol. The van der Waals surface area contributed by atoms with E-state index >= 15 is 0 Å². The number of carbonyl (C=O) groups is 1. The predicted molar refractivity (Wildman–Crippen MR) is 73.6 cm³/mol. The summed E-state index contributed by atoms with van der Waals surface area (Å²) < 4.78 is 29.5. The number of anilines is 2. The van der Waals surface area contributed by atoms with E-state index in [4.69, 9.17) is 5.11 Å². The second kappa shape index (κ2) is 5.54. The first-order chi connectivity index (χ1) is 9.38. The SMILES string of the molecule is O=C(O)c1ccccc1Nc1cccc([As](=O)(O)O)c1. The van der Waals surface area contributed by atoms with Crippen molar-refractivity contribution >= 4 is 35.9 Å². The molecule has 2 aromatic carbocycles. The molecule has 0 heterocycles. The molecule has 0 aliphatic carbocycles. The Bertz CT molecular complexity index is 695. The van der Waals surface area contributed by atoms with Crippen LogP contribution in [0, 0.1) is 0 Å². The van der Waals surface area contributed by atoms with Crippen molar-refractivity contribution in [2.24, 2.45) is 0 Å². The Hall–Kier alpha value is -2.01. The summed E-state index contributed by atoms with van der Waals surface area (Å²) in [5.74, 6) is -1.08. The summed E-state index contributed by atoms with van der Waals surface area (Å²) in [6.07, 6.45) is 0. The van der Waals surface area contributed by atoms with E-state index in [1.165, 1.54) is 24.3 Å². The van der Waals surface area contributed by atoms with Crippen LogP contribution in [-0.4, -0.2) is 33.4 Å². The zero-order chi connectivity index (χ0) is 14.8. The minimum absolute atomic E-state index is 0.0686. The summed E-state index contributed by atoms with van der Waals surface area (Å²) in [6, 6.07) is 12.1. The third kappa shape index (κ3) is 3.30. The van der Waals surface area contributed by atoms with Gasteiger partial charge in [0.2, 0.25) is 0 Å². The fraction of sp³-hybridized carbons (Fsp3) is 0. The topological polar surface area (TPSA) is 107 Å². The number of nitrogens with one attached hydrogen (secondary N) is 1. The molecule has 0 aromatic heterocycles. The Morgan fingerprint density at radius 3 is 2.40 bits per heavy atom. The van der Waals surface area contributed by atoms with Crippen LogP contribution in [0.4, 0.5) is 11.4 Å². The molecule has 0 aliphatic rings. The van der Waals surface area contributed by atoms with Crippen molar-refractivity contribution in [2.75, 3.05) is 5.32 Å². The van der Waals surface area contributed by atoms with Crippen molar-refractivity contribution in [3.8, 4) is 0 Å². The van der Waals surface area contributed by atoms with Crippen molar-refractivity contribution in [3.05, 3.63) is 54.1 Å². The summed E-state index contributed by atoms with van der Waals surface area (Å²) in [6.45, 7) is 0. The predicted octanol–water partition coefficient (Wildman–Crippen LogP) is 0.689. The van der Waals surface area contributed by atoms with Gasteiger partial charge in [0.1, 0.15) is 0 Å². The van der Waals surface area contributed by atoms with E-state index in [0.717, 1.165) is 0 Å². The molecule has 2 rings (SSSR count). The van der Waals surface area contributed by atoms with Crippen LogP contribution >= 0.6 is 0 Å². The van der Waals surface area contributed by atoms with E-state index in [1.807, 2.05) is 0 Å². The molecule has 0 bridgehead atoms. The number of carboxylic acid groups (broad SMARTS) is 1. The number of rotatable bonds is 4. The summed E-state index contributed by atoms with van der Waals surface area (Å²) in [5, 5.41) is 11.9. The van der Waals surface area contributed by atoms with Gasteiger partial charge in [-0.3, -0.25) is 0 Å². The van der Waals surface area contributed by atoms with Crippen LogP contribution in [0.5, 0.6) is 0 Å². The third-order valence-corrected chi connectivity index (χ3v) is 4.61. The van der Waals surface area contributed by atoms with Crippen molar-refractivity contribution in [3.63, 3.8) is 0 Å². The van der Waals surface area contributed by atoms with Gasteiger partial charge in [0.15, 0.2) is 0 Å². The zero-order valence-corrected chi connectivity index (χ0v) is 12.1. The Labute approximate surface area is 117 Å². The fourth-order valence-electron chi connectivity index (χ4n) is 1.70.